The van der Waals surface area contributed by atoms with Crippen molar-refractivity contribution < 1.29 is 9.53 Å². The lowest BCUT2D eigenvalue weighted by molar-refractivity contribution is 0.0915. The predicted molar refractivity (Wildman–Crippen MR) is 112 cm³/mol. The van der Waals surface area contributed by atoms with Crippen molar-refractivity contribution in [1.82, 2.24) is 15.6 Å². The first kappa shape index (κ1) is 23.2. The third-order valence-electron chi connectivity index (χ3n) is 4.62. The summed E-state index contributed by atoms with van der Waals surface area (Å²) in [6.07, 6.45) is 2.80. The highest BCUT2D eigenvalue weighted by molar-refractivity contribution is 5.94. The molecule has 1 aliphatic rings. The Morgan fingerprint density at radius 3 is 2.81 bits per heavy atom. The number of hydrogen-bond acceptors (Lipinski definition) is 4. The van der Waals surface area contributed by atoms with Crippen molar-refractivity contribution in [3.63, 3.8) is 0 Å². The molecule has 1 amide bonds. The summed E-state index contributed by atoms with van der Waals surface area (Å²) in [6.45, 7) is 6.39. The number of rotatable bonds is 5. The lowest BCUT2D eigenvalue weighted by Crippen LogP contribution is -2.50. The van der Waals surface area contributed by atoms with Crippen LogP contribution in [0.3, 0.4) is 0 Å². The molecule has 0 bridgehead atoms. The van der Waals surface area contributed by atoms with Crippen molar-refractivity contribution in [2.75, 3.05) is 13.1 Å². The van der Waals surface area contributed by atoms with Crippen molar-refractivity contribution in [2.24, 2.45) is 5.92 Å². The first-order chi connectivity index (χ1) is 12.1. The molecule has 2 aromatic rings. The summed E-state index contributed by atoms with van der Waals surface area (Å²) < 4.78 is 5.74. The molecule has 0 aliphatic carbocycles. The van der Waals surface area contributed by atoms with Gasteiger partial charge < -0.3 is 15.4 Å². The van der Waals surface area contributed by atoms with Crippen LogP contribution in [-0.4, -0.2) is 30.0 Å². The second-order valence-electron chi connectivity index (χ2n) is 6.67. The number of nitrogens with zero attached hydrogens (tertiary/aromatic N) is 1. The van der Waals surface area contributed by atoms with Crippen molar-refractivity contribution in [2.45, 2.75) is 32.9 Å². The zero-order chi connectivity index (χ0) is 17.6. The Morgan fingerprint density at radius 2 is 2.11 bits per heavy atom. The van der Waals surface area contributed by atoms with Gasteiger partial charge in [-0.25, -0.2) is 0 Å². The van der Waals surface area contributed by atoms with Crippen molar-refractivity contribution in [3.8, 4) is 5.75 Å². The quantitative estimate of drug-likeness (QED) is 0.789. The number of benzene rings is 1. The topological polar surface area (TPSA) is 63.2 Å². The number of aryl methyl sites for hydroxylation is 1. The molecule has 0 spiro atoms. The number of ether oxygens (including phenoxy) is 1. The molecule has 1 saturated heterocycles. The van der Waals surface area contributed by atoms with Crippen LogP contribution in [0.2, 0.25) is 0 Å². The zero-order valence-corrected chi connectivity index (χ0v) is 17.2. The molecular weight excluding hydrogens is 385 g/mol. The molecule has 0 radical (unpaired) electrons. The van der Waals surface area contributed by atoms with E-state index >= 15 is 0 Å². The standard InChI is InChI=1S/C20H25N3O2.2ClH/c1-14-8-9-21-12-19(14)23-20(24)17-5-3-4-16(10-17)13-25-18-7-6-15(2)22-11-18;;/h3-7,10-11,14,19,21H,8-9,12-13H2,1-2H3,(H,23,24);2*1H. The normalized spacial score (nSPS) is 18.6. The Balaban J connectivity index is 0.00000182. The minimum atomic E-state index is -0.0283. The summed E-state index contributed by atoms with van der Waals surface area (Å²) in [5.41, 5.74) is 2.58. The van der Waals surface area contributed by atoms with Crippen molar-refractivity contribution in [3.05, 3.63) is 59.4 Å². The smallest absolute Gasteiger partial charge is 0.251 e. The maximum absolute atomic E-state index is 12.5. The Labute approximate surface area is 173 Å². The number of amides is 1. The lowest BCUT2D eigenvalue weighted by atomic mass is 9.94. The molecule has 1 aromatic heterocycles. The van der Waals surface area contributed by atoms with Crippen LogP contribution >= 0.6 is 24.8 Å². The number of nitrogens with one attached hydrogen (secondary N) is 2. The van der Waals surface area contributed by atoms with E-state index in [4.69, 9.17) is 4.74 Å². The van der Waals surface area contributed by atoms with E-state index in [1.165, 1.54) is 0 Å². The van der Waals surface area contributed by atoms with E-state index in [0.717, 1.165) is 36.5 Å². The van der Waals surface area contributed by atoms with Crippen molar-refractivity contribution >= 4 is 30.7 Å². The first-order valence-corrected chi connectivity index (χ1v) is 8.78. The van der Waals surface area contributed by atoms with E-state index in [1.54, 1.807) is 6.20 Å². The highest BCUT2D eigenvalue weighted by atomic mass is 35.5. The number of pyridine rings is 1. The van der Waals surface area contributed by atoms with Crippen LogP contribution in [-0.2, 0) is 6.61 Å². The molecule has 2 unspecified atom stereocenters. The SMILES string of the molecule is Cc1ccc(OCc2cccc(C(=O)NC3CNCCC3C)c2)cn1.Cl.Cl. The van der Waals surface area contributed by atoms with Gasteiger partial charge >= 0.3 is 0 Å². The summed E-state index contributed by atoms with van der Waals surface area (Å²) in [4.78, 5) is 16.7. The number of aromatic nitrogens is 1. The van der Waals surface area contributed by atoms with E-state index in [-0.39, 0.29) is 36.8 Å². The first-order valence-electron chi connectivity index (χ1n) is 8.78. The van der Waals surface area contributed by atoms with Gasteiger partial charge in [-0.15, -0.1) is 24.8 Å². The second-order valence-corrected chi connectivity index (χ2v) is 6.67. The number of carbonyl (C=O) groups is 1. The van der Waals surface area contributed by atoms with Gasteiger partial charge in [-0.2, -0.15) is 0 Å². The molecule has 2 heterocycles. The lowest BCUT2D eigenvalue weighted by Gasteiger charge is -2.30. The maximum Gasteiger partial charge on any atom is 0.251 e. The fourth-order valence-electron chi connectivity index (χ4n) is 2.94. The van der Waals surface area contributed by atoms with Crippen LogP contribution in [0.1, 0.15) is 35.0 Å². The monoisotopic (exact) mass is 411 g/mol. The van der Waals surface area contributed by atoms with Gasteiger partial charge in [0.25, 0.3) is 5.91 Å². The van der Waals surface area contributed by atoms with Crippen LogP contribution < -0.4 is 15.4 Å². The molecule has 1 fully saturated rings. The van der Waals surface area contributed by atoms with Crippen LogP contribution in [0.25, 0.3) is 0 Å². The van der Waals surface area contributed by atoms with Crippen molar-refractivity contribution in [1.29, 1.82) is 0 Å². The Bertz CT molecular complexity index is 725. The average Bonchev–Trinajstić information content (AvgIpc) is 2.63. The number of carbonyl (C=O) groups excluding carboxylic acids is 1. The predicted octanol–water partition coefficient (Wildman–Crippen LogP) is 3.54. The second kappa shape index (κ2) is 11.1. The molecule has 2 atom stereocenters. The molecule has 0 saturated carbocycles. The van der Waals surface area contributed by atoms with Gasteiger partial charge in [0.05, 0.1) is 6.20 Å². The van der Waals surface area contributed by atoms with E-state index < -0.39 is 0 Å². The average molecular weight is 412 g/mol. The molecule has 1 aliphatic heterocycles. The fourth-order valence-corrected chi connectivity index (χ4v) is 2.94. The third-order valence-corrected chi connectivity index (χ3v) is 4.62. The van der Waals surface area contributed by atoms with E-state index in [1.807, 2.05) is 43.3 Å². The number of hydrogen-bond donors (Lipinski definition) is 2. The van der Waals surface area contributed by atoms with Gasteiger partial charge in [-0.3, -0.25) is 9.78 Å². The summed E-state index contributed by atoms with van der Waals surface area (Å²) in [7, 11) is 0. The van der Waals surface area contributed by atoms with E-state index in [0.29, 0.717) is 18.1 Å². The van der Waals surface area contributed by atoms with Gasteiger partial charge in [0, 0.05) is 23.8 Å². The molecule has 27 heavy (non-hydrogen) atoms. The Morgan fingerprint density at radius 1 is 1.30 bits per heavy atom. The van der Waals surface area contributed by atoms with E-state index in [9.17, 15) is 4.79 Å². The molecular formula is C20H27Cl2N3O2. The van der Waals surface area contributed by atoms with Gasteiger partial charge in [-0.05, 0) is 55.6 Å². The minimum Gasteiger partial charge on any atom is -0.487 e. The highest BCUT2D eigenvalue weighted by Crippen LogP contribution is 2.15. The summed E-state index contributed by atoms with van der Waals surface area (Å²) >= 11 is 0. The third kappa shape index (κ3) is 6.69. The van der Waals surface area contributed by atoms with Crippen LogP contribution in [0.5, 0.6) is 5.75 Å². The van der Waals surface area contributed by atoms with E-state index in [2.05, 4.69) is 22.5 Å². The fraction of sp³-hybridized carbons (Fsp3) is 0.400. The molecule has 5 nitrogen and oxygen atoms in total. The zero-order valence-electron chi connectivity index (χ0n) is 15.6. The minimum absolute atomic E-state index is 0. The largest absolute Gasteiger partial charge is 0.487 e. The van der Waals surface area contributed by atoms with Crippen LogP contribution in [0.4, 0.5) is 0 Å². The Hall–Kier alpha value is -1.82. The van der Waals surface area contributed by atoms with Gasteiger partial charge in [0.15, 0.2) is 0 Å². The molecule has 2 N–H and O–H groups in total. The highest BCUT2D eigenvalue weighted by Gasteiger charge is 2.23. The number of piperidine rings is 1. The summed E-state index contributed by atoms with van der Waals surface area (Å²) in [5, 5.41) is 6.48. The Kier molecular flexibility index (Phi) is 9.56. The summed E-state index contributed by atoms with van der Waals surface area (Å²) in [5.74, 6) is 1.19. The number of halogens is 2. The van der Waals surface area contributed by atoms with Gasteiger partial charge in [0.1, 0.15) is 12.4 Å². The van der Waals surface area contributed by atoms with Crippen LogP contribution in [0, 0.1) is 12.8 Å². The van der Waals surface area contributed by atoms with Crippen LogP contribution in [0.15, 0.2) is 42.6 Å². The van der Waals surface area contributed by atoms with Gasteiger partial charge in [0.2, 0.25) is 0 Å². The maximum atomic E-state index is 12.5. The summed E-state index contributed by atoms with van der Waals surface area (Å²) in [6, 6.07) is 11.6. The van der Waals surface area contributed by atoms with Gasteiger partial charge in [-0.1, -0.05) is 19.1 Å². The molecule has 3 rings (SSSR count). The molecule has 148 valence electrons. The molecule has 7 heteroatoms. The molecule has 1 aromatic carbocycles.